The number of halogens is 1. The van der Waals surface area contributed by atoms with Crippen molar-refractivity contribution in [2.75, 3.05) is 19.8 Å². The number of amides is 1. The van der Waals surface area contributed by atoms with Gasteiger partial charge in [0.25, 0.3) is 0 Å². The van der Waals surface area contributed by atoms with Crippen LogP contribution in [0.2, 0.25) is 0 Å². The van der Waals surface area contributed by atoms with E-state index in [1.54, 1.807) is 0 Å². The zero-order valence-corrected chi connectivity index (χ0v) is 17.0. The molecule has 3 rings (SSSR count). The minimum atomic E-state index is -1.08. The number of ether oxygens (including phenoxy) is 1. The molecule has 1 unspecified atom stereocenters. The fourth-order valence-corrected chi connectivity index (χ4v) is 4.14. The Morgan fingerprint density at radius 2 is 1.78 bits per heavy atom. The predicted octanol–water partition coefficient (Wildman–Crippen LogP) is 3.81. The van der Waals surface area contributed by atoms with Crippen LogP contribution in [-0.2, 0) is 21.6 Å². The molecule has 0 saturated carbocycles. The average molecular weight is 432 g/mol. The Morgan fingerprint density at radius 3 is 2.48 bits per heavy atom. The number of carbonyl (C=O) groups is 1. The van der Waals surface area contributed by atoms with Crippen LogP contribution in [0, 0.1) is 5.92 Å². The normalized spacial score (nSPS) is 17.3. The Kier molecular flexibility index (Phi) is 7.05. The van der Waals surface area contributed by atoms with Gasteiger partial charge in [-0.25, -0.2) is 0 Å². The molecule has 5 heteroatoms. The summed E-state index contributed by atoms with van der Waals surface area (Å²) < 4.78 is 6.47. The van der Waals surface area contributed by atoms with Crippen molar-refractivity contribution in [3.05, 3.63) is 70.2 Å². The van der Waals surface area contributed by atoms with Crippen LogP contribution < -0.4 is 5.32 Å². The molecule has 0 bridgehead atoms. The summed E-state index contributed by atoms with van der Waals surface area (Å²) in [7, 11) is 0. The van der Waals surface area contributed by atoms with Gasteiger partial charge in [-0.15, -0.1) is 0 Å². The Labute approximate surface area is 169 Å². The number of aliphatic hydroxyl groups is 1. The van der Waals surface area contributed by atoms with Crippen molar-refractivity contribution >= 4 is 21.8 Å². The highest BCUT2D eigenvalue weighted by Crippen LogP contribution is 2.35. The number of nitrogens with one attached hydrogen (secondary N) is 1. The summed E-state index contributed by atoms with van der Waals surface area (Å²) in [6.07, 6.45) is 2.63. The van der Waals surface area contributed by atoms with Gasteiger partial charge in [0.15, 0.2) is 0 Å². The Balaban J connectivity index is 1.64. The van der Waals surface area contributed by atoms with Crippen molar-refractivity contribution < 1.29 is 14.6 Å². The van der Waals surface area contributed by atoms with E-state index < -0.39 is 5.60 Å². The van der Waals surface area contributed by atoms with E-state index in [1.807, 2.05) is 54.6 Å². The maximum Gasteiger partial charge on any atom is 0.220 e. The van der Waals surface area contributed by atoms with E-state index in [4.69, 9.17) is 4.74 Å². The monoisotopic (exact) mass is 431 g/mol. The van der Waals surface area contributed by atoms with Crippen LogP contribution >= 0.6 is 15.9 Å². The molecule has 27 heavy (non-hydrogen) atoms. The van der Waals surface area contributed by atoms with Crippen molar-refractivity contribution in [2.24, 2.45) is 5.92 Å². The van der Waals surface area contributed by atoms with Gasteiger partial charge < -0.3 is 15.2 Å². The molecule has 144 valence electrons. The van der Waals surface area contributed by atoms with E-state index in [0.717, 1.165) is 28.4 Å². The van der Waals surface area contributed by atoms with E-state index in [9.17, 15) is 9.90 Å². The number of hydrogen-bond acceptors (Lipinski definition) is 3. The second kappa shape index (κ2) is 9.49. The van der Waals surface area contributed by atoms with Gasteiger partial charge in [0.2, 0.25) is 5.91 Å². The van der Waals surface area contributed by atoms with Gasteiger partial charge in [0.1, 0.15) is 5.60 Å². The maximum absolute atomic E-state index is 12.4. The second-order valence-electron chi connectivity index (χ2n) is 7.05. The third-order valence-corrected chi connectivity index (χ3v) is 6.08. The fraction of sp³-hybridized carbons (Fsp3) is 0.409. The van der Waals surface area contributed by atoms with E-state index in [-0.39, 0.29) is 18.4 Å². The Morgan fingerprint density at radius 1 is 1.11 bits per heavy atom. The van der Waals surface area contributed by atoms with E-state index in [2.05, 4.69) is 21.2 Å². The first-order chi connectivity index (χ1) is 13.1. The summed E-state index contributed by atoms with van der Waals surface area (Å²) in [6.45, 7) is 1.52. The Bertz CT molecular complexity index is 746. The van der Waals surface area contributed by atoms with Crippen LogP contribution in [0.4, 0.5) is 0 Å². The van der Waals surface area contributed by atoms with Gasteiger partial charge in [0.05, 0.1) is 6.54 Å². The standard InChI is InChI=1S/C22H26BrNO3/c23-20-9-5-4-6-17(20)10-11-21(25)24-16-22(26,18-7-2-1-3-8-18)19-12-14-27-15-13-19/h1-9,19,26H,10-16H2,(H,24,25). The van der Waals surface area contributed by atoms with Crippen LogP contribution in [-0.4, -0.2) is 30.8 Å². The first-order valence-electron chi connectivity index (χ1n) is 9.45. The fourth-order valence-electron chi connectivity index (χ4n) is 3.66. The van der Waals surface area contributed by atoms with Crippen molar-refractivity contribution in [2.45, 2.75) is 31.3 Å². The maximum atomic E-state index is 12.4. The molecular weight excluding hydrogens is 406 g/mol. The third-order valence-electron chi connectivity index (χ3n) is 5.30. The number of rotatable bonds is 7. The lowest BCUT2D eigenvalue weighted by Crippen LogP contribution is -2.47. The highest BCUT2D eigenvalue weighted by Gasteiger charge is 2.39. The topological polar surface area (TPSA) is 58.6 Å². The molecule has 1 aliphatic rings. The molecule has 1 heterocycles. The number of hydrogen-bond donors (Lipinski definition) is 2. The number of aryl methyl sites for hydroxylation is 1. The first kappa shape index (κ1) is 20.1. The lowest BCUT2D eigenvalue weighted by atomic mass is 9.77. The predicted molar refractivity (Wildman–Crippen MR) is 109 cm³/mol. The Hall–Kier alpha value is -1.69. The summed E-state index contributed by atoms with van der Waals surface area (Å²) in [5.41, 5.74) is 0.881. The molecule has 2 aromatic rings. The van der Waals surface area contributed by atoms with Crippen LogP contribution in [0.1, 0.15) is 30.4 Å². The summed E-state index contributed by atoms with van der Waals surface area (Å²) in [5.74, 6) is 0.0180. The van der Waals surface area contributed by atoms with Crippen molar-refractivity contribution in [3.63, 3.8) is 0 Å². The summed E-state index contributed by atoms with van der Waals surface area (Å²) in [4.78, 5) is 12.4. The molecule has 1 atom stereocenters. The molecule has 2 aromatic carbocycles. The van der Waals surface area contributed by atoms with Gasteiger partial charge in [-0.05, 0) is 42.4 Å². The van der Waals surface area contributed by atoms with Crippen LogP contribution in [0.5, 0.6) is 0 Å². The lowest BCUT2D eigenvalue weighted by Gasteiger charge is -2.39. The average Bonchev–Trinajstić information content (AvgIpc) is 2.72. The van der Waals surface area contributed by atoms with Crippen LogP contribution in [0.25, 0.3) is 0 Å². The number of benzene rings is 2. The van der Waals surface area contributed by atoms with Gasteiger partial charge in [-0.1, -0.05) is 64.5 Å². The van der Waals surface area contributed by atoms with E-state index >= 15 is 0 Å². The zero-order chi connectivity index (χ0) is 19.1. The van der Waals surface area contributed by atoms with E-state index in [0.29, 0.717) is 26.1 Å². The van der Waals surface area contributed by atoms with Gasteiger partial charge in [-0.2, -0.15) is 0 Å². The van der Waals surface area contributed by atoms with Crippen molar-refractivity contribution in [1.29, 1.82) is 0 Å². The lowest BCUT2D eigenvalue weighted by molar-refractivity contribution is -0.124. The highest BCUT2D eigenvalue weighted by atomic mass is 79.9. The third kappa shape index (κ3) is 5.18. The van der Waals surface area contributed by atoms with Crippen molar-refractivity contribution in [1.82, 2.24) is 5.32 Å². The molecule has 0 aromatic heterocycles. The summed E-state index contributed by atoms with van der Waals surface area (Å²) in [5, 5.41) is 14.5. The second-order valence-corrected chi connectivity index (χ2v) is 7.90. The van der Waals surface area contributed by atoms with Gasteiger partial charge >= 0.3 is 0 Å². The molecule has 0 spiro atoms. The quantitative estimate of drug-likeness (QED) is 0.700. The van der Waals surface area contributed by atoms with E-state index in [1.165, 1.54) is 0 Å². The number of carbonyl (C=O) groups excluding carboxylic acids is 1. The smallest absolute Gasteiger partial charge is 0.220 e. The minimum Gasteiger partial charge on any atom is -0.383 e. The SMILES string of the molecule is O=C(CCc1ccccc1Br)NCC(O)(c1ccccc1)C1CCOCC1. The first-order valence-corrected chi connectivity index (χ1v) is 10.2. The molecule has 1 fully saturated rings. The molecule has 0 radical (unpaired) electrons. The molecule has 0 aliphatic carbocycles. The molecule has 1 saturated heterocycles. The molecule has 1 amide bonds. The zero-order valence-electron chi connectivity index (χ0n) is 15.4. The molecule has 4 nitrogen and oxygen atoms in total. The minimum absolute atomic E-state index is 0.0489. The molecular formula is C22H26BrNO3. The molecule has 2 N–H and O–H groups in total. The van der Waals surface area contributed by atoms with Crippen LogP contribution in [0.3, 0.4) is 0 Å². The largest absolute Gasteiger partial charge is 0.383 e. The van der Waals surface area contributed by atoms with Gasteiger partial charge in [-0.3, -0.25) is 4.79 Å². The summed E-state index contributed by atoms with van der Waals surface area (Å²) in [6, 6.07) is 17.6. The van der Waals surface area contributed by atoms with Gasteiger partial charge in [0, 0.05) is 24.1 Å². The highest BCUT2D eigenvalue weighted by molar-refractivity contribution is 9.10. The summed E-state index contributed by atoms with van der Waals surface area (Å²) >= 11 is 3.52. The van der Waals surface area contributed by atoms with Crippen LogP contribution in [0.15, 0.2) is 59.1 Å². The van der Waals surface area contributed by atoms with Crippen molar-refractivity contribution in [3.8, 4) is 0 Å². The molecule has 1 aliphatic heterocycles.